The van der Waals surface area contributed by atoms with Gasteiger partial charge in [-0.15, -0.1) is 11.3 Å². The van der Waals surface area contributed by atoms with Crippen LogP contribution >= 0.6 is 22.9 Å². The predicted molar refractivity (Wildman–Crippen MR) is 111 cm³/mol. The van der Waals surface area contributed by atoms with Crippen molar-refractivity contribution in [2.24, 2.45) is 0 Å². The van der Waals surface area contributed by atoms with Gasteiger partial charge in [0.2, 0.25) is 0 Å². The van der Waals surface area contributed by atoms with Gasteiger partial charge >= 0.3 is 0 Å². The fraction of sp³-hybridized carbons (Fsp3) is 0.0476. The minimum atomic E-state index is -0.186. The molecule has 7 heteroatoms. The minimum absolute atomic E-state index is 0.186. The van der Waals surface area contributed by atoms with Crippen molar-refractivity contribution in [2.75, 3.05) is 0 Å². The molecule has 0 fully saturated rings. The maximum atomic E-state index is 12.3. The Hall–Kier alpha value is -3.09. The van der Waals surface area contributed by atoms with Crippen LogP contribution in [0.1, 0.15) is 15.2 Å². The lowest BCUT2D eigenvalue weighted by atomic mass is 10.1. The van der Waals surface area contributed by atoms with Gasteiger partial charge in [0.15, 0.2) is 6.29 Å². The SMILES string of the molecule is O=Cc1cnc(-c2cccc(Cn3nc(-c4cccc(Cl)c4)ccc3=O)c2)s1. The molecule has 28 heavy (non-hydrogen) atoms. The largest absolute Gasteiger partial charge is 0.297 e. The van der Waals surface area contributed by atoms with E-state index in [1.165, 1.54) is 22.1 Å². The highest BCUT2D eigenvalue weighted by atomic mass is 35.5. The van der Waals surface area contributed by atoms with E-state index in [-0.39, 0.29) is 5.56 Å². The molecule has 0 spiro atoms. The summed E-state index contributed by atoms with van der Waals surface area (Å²) in [5.41, 5.74) is 3.15. The number of benzene rings is 2. The molecule has 0 saturated heterocycles. The molecule has 0 atom stereocenters. The van der Waals surface area contributed by atoms with Crippen molar-refractivity contribution in [3.63, 3.8) is 0 Å². The van der Waals surface area contributed by atoms with E-state index in [0.29, 0.717) is 22.1 Å². The van der Waals surface area contributed by atoms with Gasteiger partial charge in [0.05, 0.1) is 17.1 Å². The topological polar surface area (TPSA) is 64.8 Å². The highest BCUT2D eigenvalue weighted by Crippen LogP contribution is 2.25. The van der Waals surface area contributed by atoms with Gasteiger partial charge in [-0.2, -0.15) is 5.10 Å². The van der Waals surface area contributed by atoms with E-state index in [9.17, 15) is 9.59 Å². The number of nitrogens with zero attached hydrogens (tertiary/aromatic N) is 3. The van der Waals surface area contributed by atoms with Crippen LogP contribution in [0.4, 0.5) is 0 Å². The summed E-state index contributed by atoms with van der Waals surface area (Å²) in [7, 11) is 0. The molecular weight excluding hydrogens is 394 g/mol. The molecule has 4 rings (SSSR count). The summed E-state index contributed by atoms with van der Waals surface area (Å²) in [5.74, 6) is 0. The third kappa shape index (κ3) is 3.93. The van der Waals surface area contributed by atoms with Gasteiger partial charge in [-0.3, -0.25) is 9.59 Å². The molecule has 0 saturated carbocycles. The average molecular weight is 408 g/mol. The van der Waals surface area contributed by atoms with E-state index in [4.69, 9.17) is 11.6 Å². The van der Waals surface area contributed by atoms with Gasteiger partial charge < -0.3 is 0 Å². The second kappa shape index (κ2) is 7.88. The highest BCUT2D eigenvalue weighted by molar-refractivity contribution is 7.16. The molecule has 4 aromatic rings. The van der Waals surface area contributed by atoms with Crippen LogP contribution in [0.5, 0.6) is 0 Å². The van der Waals surface area contributed by atoms with Gasteiger partial charge in [0.25, 0.3) is 5.56 Å². The molecule has 0 aliphatic heterocycles. The Balaban J connectivity index is 1.66. The number of carbonyl (C=O) groups is 1. The summed E-state index contributed by atoms with van der Waals surface area (Å²) in [6.07, 6.45) is 2.34. The van der Waals surface area contributed by atoms with Gasteiger partial charge in [-0.05, 0) is 29.8 Å². The number of hydrogen-bond acceptors (Lipinski definition) is 5. The normalized spacial score (nSPS) is 10.8. The molecular formula is C21H14ClN3O2S. The van der Waals surface area contributed by atoms with Crippen LogP contribution in [-0.2, 0) is 6.54 Å². The first-order chi connectivity index (χ1) is 13.6. The van der Waals surface area contributed by atoms with Gasteiger partial charge in [-0.1, -0.05) is 41.9 Å². The first kappa shape index (κ1) is 18.3. The smallest absolute Gasteiger partial charge is 0.267 e. The van der Waals surface area contributed by atoms with Crippen LogP contribution < -0.4 is 5.56 Å². The van der Waals surface area contributed by atoms with Crippen LogP contribution in [0.15, 0.2) is 71.7 Å². The third-order valence-corrected chi connectivity index (χ3v) is 5.34. The number of thiazole rings is 1. The van der Waals surface area contributed by atoms with Gasteiger partial charge in [0, 0.05) is 28.4 Å². The lowest BCUT2D eigenvalue weighted by Crippen LogP contribution is -2.22. The lowest BCUT2D eigenvalue weighted by molar-refractivity contribution is 0.112. The Kier molecular flexibility index (Phi) is 5.14. The second-order valence-corrected chi connectivity index (χ2v) is 7.61. The van der Waals surface area contributed by atoms with Crippen LogP contribution in [0.3, 0.4) is 0 Å². The molecule has 0 N–H and O–H groups in total. The zero-order valence-corrected chi connectivity index (χ0v) is 16.2. The fourth-order valence-corrected chi connectivity index (χ4v) is 3.73. The zero-order chi connectivity index (χ0) is 19.5. The number of aldehydes is 1. The van der Waals surface area contributed by atoms with Gasteiger partial charge in [-0.25, -0.2) is 9.67 Å². The Morgan fingerprint density at radius 3 is 2.64 bits per heavy atom. The summed E-state index contributed by atoms with van der Waals surface area (Å²) < 4.78 is 1.42. The van der Waals surface area contributed by atoms with Crippen LogP contribution in [0.25, 0.3) is 21.8 Å². The number of rotatable bonds is 5. The molecule has 0 amide bonds. The maximum Gasteiger partial charge on any atom is 0.267 e. The monoisotopic (exact) mass is 407 g/mol. The third-order valence-electron chi connectivity index (χ3n) is 4.13. The summed E-state index contributed by atoms with van der Waals surface area (Å²) in [5, 5.41) is 5.86. The number of halogens is 1. The number of carbonyl (C=O) groups excluding carboxylic acids is 1. The summed E-state index contributed by atoms with van der Waals surface area (Å²) >= 11 is 7.39. The Labute approximate surface area is 169 Å². The van der Waals surface area contributed by atoms with Crippen molar-refractivity contribution in [1.29, 1.82) is 0 Å². The van der Waals surface area contributed by atoms with Crippen molar-refractivity contribution >= 4 is 29.2 Å². The second-order valence-electron chi connectivity index (χ2n) is 6.11. The quantitative estimate of drug-likeness (QED) is 0.455. The van der Waals surface area contributed by atoms with E-state index >= 15 is 0 Å². The van der Waals surface area contributed by atoms with Crippen LogP contribution in [-0.4, -0.2) is 21.1 Å². The first-order valence-electron chi connectivity index (χ1n) is 8.47. The lowest BCUT2D eigenvalue weighted by Gasteiger charge is -2.08. The van der Waals surface area contributed by atoms with Crippen molar-refractivity contribution in [3.05, 3.63) is 92.7 Å². The van der Waals surface area contributed by atoms with E-state index in [0.717, 1.165) is 28.0 Å². The number of aromatic nitrogens is 3. The summed E-state index contributed by atoms with van der Waals surface area (Å²) in [6, 6.07) is 18.3. The molecule has 0 radical (unpaired) electrons. The molecule has 2 aromatic heterocycles. The molecule has 138 valence electrons. The predicted octanol–water partition coefficient (Wildman–Crippen LogP) is 4.55. The van der Waals surface area contributed by atoms with Crippen LogP contribution in [0.2, 0.25) is 5.02 Å². The average Bonchev–Trinajstić information content (AvgIpc) is 3.19. The Bertz CT molecular complexity index is 1220. The summed E-state index contributed by atoms with van der Waals surface area (Å²) in [4.78, 5) is 28.0. The van der Waals surface area contributed by atoms with Crippen molar-refractivity contribution in [3.8, 4) is 21.8 Å². The van der Waals surface area contributed by atoms with Gasteiger partial charge in [0.1, 0.15) is 5.01 Å². The molecule has 2 aromatic carbocycles. The number of hydrogen-bond donors (Lipinski definition) is 0. The Morgan fingerprint density at radius 2 is 1.86 bits per heavy atom. The fourth-order valence-electron chi connectivity index (χ4n) is 2.81. The van der Waals surface area contributed by atoms with E-state index in [2.05, 4.69) is 10.1 Å². The molecule has 2 heterocycles. The standard InChI is InChI=1S/C21H14ClN3O2S/c22-17-6-2-4-15(10-17)19-7-8-20(27)25(24-19)12-14-3-1-5-16(9-14)21-23-11-18(13-26)28-21/h1-11,13H,12H2. The molecule has 5 nitrogen and oxygen atoms in total. The van der Waals surface area contributed by atoms with E-state index in [1.807, 2.05) is 42.5 Å². The zero-order valence-electron chi connectivity index (χ0n) is 14.6. The minimum Gasteiger partial charge on any atom is -0.297 e. The van der Waals surface area contributed by atoms with Crippen molar-refractivity contribution in [2.45, 2.75) is 6.54 Å². The summed E-state index contributed by atoms with van der Waals surface area (Å²) in [6.45, 7) is 0.326. The van der Waals surface area contributed by atoms with E-state index < -0.39 is 0 Å². The maximum absolute atomic E-state index is 12.3. The Morgan fingerprint density at radius 1 is 1.04 bits per heavy atom. The molecule has 0 aliphatic carbocycles. The molecule has 0 bridgehead atoms. The van der Waals surface area contributed by atoms with E-state index in [1.54, 1.807) is 18.3 Å². The molecule has 0 aliphatic rings. The van der Waals surface area contributed by atoms with Crippen LogP contribution in [0, 0.1) is 0 Å². The van der Waals surface area contributed by atoms with Crippen molar-refractivity contribution in [1.82, 2.24) is 14.8 Å². The van der Waals surface area contributed by atoms with Crippen molar-refractivity contribution < 1.29 is 4.79 Å². The first-order valence-corrected chi connectivity index (χ1v) is 9.66. The highest BCUT2D eigenvalue weighted by Gasteiger charge is 2.08. The molecule has 0 unspecified atom stereocenters.